The number of carbonyl (C=O) groups is 2. The highest BCUT2D eigenvalue weighted by atomic mass is 19.1. The van der Waals surface area contributed by atoms with E-state index in [4.69, 9.17) is 13.9 Å². The first-order valence-corrected chi connectivity index (χ1v) is 12.3. The van der Waals surface area contributed by atoms with Crippen molar-refractivity contribution in [3.63, 3.8) is 0 Å². The Morgan fingerprint density at radius 1 is 0.925 bits per heavy atom. The number of pyridine rings is 1. The molecule has 1 aliphatic carbocycles. The van der Waals surface area contributed by atoms with E-state index in [2.05, 4.69) is 25.8 Å². The van der Waals surface area contributed by atoms with E-state index in [-0.39, 0.29) is 0 Å². The lowest BCUT2D eigenvalue weighted by molar-refractivity contribution is -0.131. The number of carbonyl (C=O) groups excluding carboxylic acids is 2. The van der Waals surface area contributed by atoms with E-state index in [1.165, 1.54) is 30.7 Å². The van der Waals surface area contributed by atoms with Crippen LogP contribution in [0.4, 0.5) is 15.8 Å². The van der Waals surface area contributed by atoms with Gasteiger partial charge in [-0.05, 0) is 73.5 Å². The second-order valence-corrected chi connectivity index (χ2v) is 9.25. The molecular weight excluding hydrogens is 517 g/mol. The van der Waals surface area contributed by atoms with Crippen LogP contribution in [0, 0.1) is 11.2 Å². The van der Waals surface area contributed by atoms with Gasteiger partial charge in [-0.1, -0.05) is 0 Å². The average Bonchev–Trinajstić information content (AvgIpc) is 3.62. The molecule has 0 radical (unpaired) electrons. The number of anilines is 2. The van der Waals surface area contributed by atoms with Gasteiger partial charge in [-0.15, -0.1) is 10.2 Å². The van der Waals surface area contributed by atoms with Crippen LogP contribution >= 0.6 is 0 Å². The highest BCUT2D eigenvalue weighted by Gasteiger charge is 2.56. The van der Waals surface area contributed by atoms with Crippen LogP contribution in [0.5, 0.6) is 17.2 Å². The number of rotatable bonds is 8. The number of nitrogens with one attached hydrogen (secondary N) is 2. The highest BCUT2D eigenvalue weighted by molar-refractivity contribution is 6.16. The fourth-order valence-corrected chi connectivity index (χ4v) is 4.31. The van der Waals surface area contributed by atoms with Gasteiger partial charge in [0.25, 0.3) is 5.89 Å². The number of halogens is 1. The van der Waals surface area contributed by atoms with E-state index in [0.29, 0.717) is 63.8 Å². The summed E-state index contributed by atoms with van der Waals surface area (Å²) >= 11 is 0. The maximum absolute atomic E-state index is 13.2. The predicted octanol–water partition coefficient (Wildman–Crippen LogP) is 5.58. The number of nitrogens with zero attached hydrogens (tertiary/aromatic N) is 3. The first-order chi connectivity index (χ1) is 19.4. The van der Waals surface area contributed by atoms with Gasteiger partial charge in [0.2, 0.25) is 18.2 Å². The monoisotopic (exact) mass is 539 g/mol. The van der Waals surface area contributed by atoms with Gasteiger partial charge < -0.3 is 24.5 Å². The SMILES string of the molecule is COc1cc2nccc(Oc3ccc(NC(=O)C4(C(=O)Nc5ccc(F)cc5)CC4)cc3)c2cc1-c1nnco1. The molecule has 2 amide bonds. The van der Waals surface area contributed by atoms with Crippen molar-refractivity contribution in [2.24, 2.45) is 5.41 Å². The Labute approximate surface area is 227 Å². The molecule has 1 fully saturated rings. The molecule has 10 nitrogen and oxygen atoms in total. The van der Waals surface area contributed by atoms with E-state index in [1.807, 2.05) is 6.07 Å². The van der Waals surface area contributed by atoms with Crippen LogP contribution < -0.4 is 20.1 Å². The van der Waals surface area contributed by atoms with Crippen LogP contribution in [-0.2, 0) is 9.59 Å². The molecule has 3 aromatic carbocycles. The quantitative estimate of drug-likeness (QED) is 0.245. The third kappa shape index (κ3) is 4.80. The lowest BCUT2D eigenvalue weighted by atomic mass is 10.0. The maximum atomic E-state index is 13.2. The Balaban J connectivity index is 1.17. The van der Waals surface area contributed by atoms with Gasteiger partial charge in [-0.2, -0.15) is 0 Å². The van der Waals surface area contributed by atoms with E-state index < -0.39 is 23.0 Å². The summed E-state index contributed by atoms with van der Waals surface area (Å²) in [6.45, 7) is 0. The zero-order valence-electron chi connectivity index (χ0n) is 21.2. The van der Waals surface area contributed by atoms with E-state index in [9.17, 15) is 14.0 Å². The number of ether oxygens (including phenoxy) is 2. The number of benzene rings is 3. The summed E-state index contributed by atoms with van der Waals surface area (Å²) in [5.41, 5.74) is 1.03. The number of aromatic nitrogens is 3. The molecule has 0 spiro atoms. The molecule has 40 heavy (non-hydrogen) atoms. The smallest absolute Gasteiger partial charge is 0.251 e. The van der Waals surface area contributed by atoms with Crippen molar-refractivity contribution in [3.05, 3.63) is 85.1 Å². The maximum Gasteiger partial charge on any atom is 0.251 e. The normalized spacial score (nSPS) is 13.4. The van der Waals surface area contributed by atoms with Crippen LogP contribution in [-0.4, -0.2) is 34.1 Å². The molecule has 0 unspecified atom stereocenters. The number of fused-ring (bicyclic) bond motifs is 1. The fourth-order valence-electron chi connectivity index (χ4n) is 4.31. The molecule has 0 atom stereocenters. The van der Waals surface area contributed by atoms with Gasteiger partial charge in [0.1, 0.15) is 28.5 Å². The van der Waals surface area contributed by atoms with Crippen LogP contribution in [0.15, 0.2) is 83.7 Å². The minimum Gasteiger partial charge on any atom is -0.496 e. The first-order valence-electron chi connectivity index (χ1n) is 12.3. The van der Waals surface area contributed by atoms with Crippen molar-refractivity contribution in [2.45, 2.75) is 12.8 Å². The van der Waals surface area contributed by atoms with Gasteiger partial charge in [-0.25, -0.2) is 4.39 Å². The van der Waals surface area contributed by atoms with Crippen molar-refractivity contribution in [2.75, 3.05) is 17.7 Å². The molecular formula is C29H22FN5O5. The largest absolute Gasteiger partial charge is 0.496 e. The third-order valence-corrected chi connectivity index (χ3v) is 6.67. The Hall–Kier alpha value is -5.32. The van der Waals surface area contributed by atoms with E-state index in [0.717, 1.165) is 0 Å². The van der Waals surface area contributed by atoms with Gasteiger partial charge in [0.05, 0.1) is 18.2 Å². The molecule has 0 aliphatic heterocycles. The molecule has 1 saturated carbocycles. The summed E-state index contributed by atoms with van der Waals surface area (Å²) < 4.78 is 30.1. The van der Waals surface area contributed by atoms with Gasteiger partial charge in [0, 0.05) is 29.0 Å². The standard InChI is InChI=1S/C29H22FN5O5/c1-38-25-15-23-21(14-22(25)26-35-32-16-39-26)24(10-13-31-23)40-20-8-6-19(7-9-20)34-28(37)29(11-12-29)27(36)33-18-4-2-17(30)3-5-18/h2-10,13-16H,11-12H2,1H3,(H,33,36)(H,34,37). The van der Waals surface area contributed by atoms with Crippen molar-refractivity contribution in [3.8, 4) is 28.7 Å². The lowest BCUT2D eigenvalue weighted by Crippen LogP contribution is -2.35. The number of amides is 2. The number of hydrogen-bond acceptors (Lipinski definition) is 8. The molecule has 2 N–H and O–H groups in total. The summed E-state index contributed by atoms with van der Waals surface area (Å²) in [5, 5.41) is 13.9. The Kier molecular flexibility index (Phi) is 6.31. The Morgan fingerprint density at radius 2 is 1.60 bits per heavy atom. The van der Waals surface area contributed by atoms with Crippen LogP contribution in [0.3, 0.4) is 0 Å². The molecule has 2 heterocycles. The van der Waals surface area contributed by atoms with Crippen LogP contribution in [0.25, 0.3) is 22.4 Å². The first kappa shape index (κ1) is 25.0. The zero-order valence-corrected chi connectivity index (χ0v) is 21.2. The molecule has 0 bridgehead atoms. The summed E-state index contributed by atoms with van der Waals surface area (Å²) in [4.78, 5) is 30.2. The highest BCUT2D eigenvalue weighted by Crippen LogP contribution is 2.47. The molecule has 6 rings (SSSR count). The van der Waals surface area contributed by atoms with E-state index >= 15 is 0 Å². The molecule has 5 aromatic rings. The number of methoxy groups -OCH3 is 1. The molecule has 0 saturated heterocycles. The molecule has 2 aromatic heterocycles. The summed E-state index contributed by atoms with van der Waals surface area (Å²) in [5.74, 6) is 0.668. The Morgan fingerprint density at radius 3 is 2.20 bits per heavy atom. The predicted molar refractivity (Wildman–Crippen MR) is 143 cm³/mol. The van der Waals surface area contributed by atoms with Gasteiger partial charge in [-0.3, -0.25) is 14.6 Å². The topological polar surface area (TPSA) is 128 Å². The lowest BCUT2D eigenvalue weighted by Gasteiger charge is -2.16. The third-order valence-electron chi connectivity index (χ3n) is 6.67. The number of hydrogen-bond donors (Lipinski definition) is 2. The van der Waals surface area contributed by atoms with Gasteiger partial charge in [0.15, 0.2) is 0 Å². The van der Waals surface area contributed by atoms with Crippen molar-refractivity contribution in [1.82, 2.24) is 15.2 Å². The van der Waals surface area contributed by atoms with Crippen LogP contribution in [0.1, 0.15) is 12.8 Å². The van der Waals surface area contributed by atoms with E-state index in [1.54, 1.807) is 49.7 Å². The van der Waals surface area contributed by atoms with Crippen molar-refractivity contribution >= 4 is 34.1 Å². The zero-order chi connectivity index (χ0) is 27.7. The Bertz CT molecular complexity index is 1700. The summed E-state index contributed by atoms with van der Waals surface area (Å²) in [7, 11) is 1.55. The van der Waals surface area contributed by atoms with Crippen molar-refractivity contribution < 1.29 is 27.9 Å². The average molecular weight is 540 g/mol. The molecule has 11 heteroatoms. The fraction of sp³-hybridized carbons (Fsp3) is 0.138. The van der Waals surface area contributed by atoms with Gasteiger partial charge >= 0.3 is 0 Å². The van der Waals surface area contributed by atoms with Crippen LogP contribution in [0.2, 0.25) is 0 Å². The molecule has 1 aliphatic rings. The minimum absolute atomic E-state index is 0.299. The van der Waals surface area contributed by atoms with Crippen molar-refractivity contribution in [1.29, 1.82) is 0 Å². The minimum atomic E-state index is -1.16. The second kappa shape index (κ2) is 10.1. The summed E-state index contributed by atoms with van der Waals surface area (Å²) in [6.07, 6.45) is 3.73. The second-order valence-electron chi connectivity index (χ2n) is 9.25. The molecule has 200 valence electrons. The summed E-state index contributed by atoms with van der Waals surface area (Å²) in [6, 6.07) is 17.5.